The molecule has 1 spiro atoms. The summed E-state index contributed by atoms with van der Waals surface area (Å²) < 4.78 is 23.3. The first-order chi connectivity index (χ1) is 18.4. The molecule has 1 amide bonds. The van der Waals surface area contributed by atoms with Crippen LogP contribution in [0.15, 0.2) is 48.5 Å². The SMILES string of the molecule is CC(C)COc1ccc(CN2C(=O)OC3(CCN(CCC4OCCO4)CC3)C2Cc2ccc(Cl)cc2)cc1. The van der Waals surface area contributed by atoms with Gasteiger partial charge in [-0.05, 0) is 47.7 Å². The number of hydrogen-bond acceptors (Lipinski definition) is 6. The van der Waals surface area contributed by atoms with Crippen LogP contribution in [-0.2, 0) is 27.2 Å². The fraction of sp³-hybridized carbons (Fsp3) is 0.567. The highest BCUT2D eigenvalue weighted by molar-refractivity contribution is 6.30. The first kappa shape index (κ1) is 27.3. The van der Waals surface area contributed by atoms with E-state index in [2.05, 4.69) is 30.9 Å². The molecule has 3 aliphatic heterocycles. The molecule has 38 heavy (non-hydrogen) atoms. The Balaban J connectivity index is 1.28. The summed E-state index contributed by atoms with van der Waals surface area (Å²) in [7, 11) is 0. The average Bonchev–Trinajstić information content (AvgIpc) is 3.52. The fourth-order valence-corrected chi connectivity index (χ4v) is 5.76. The van der Waals surface area contributed by atoms with Crippen molar-refractivity contribution in [2.75, 3.05) is 39.5 Å². The first-order valence-electron chi connectivity index (χ1n) is 13.8. The Morgan fingerprint density at radius 2 is 1.66 bits per heavy atom. The van der Waals surface area contributed by atoms with Crippen molar-refractivity contribution in [1.29, 1.82) is 0 Å². The maximum Gasteiger partial charge on any atom is 0.411 e. The second-order valence-electron chi connectivity index (χ2n) is 11.1. The topological polar surface area (TPSA) is 60.5 Å². The molecular weight excluding hydrogens is 504 g/mol. The van der Waals surface area contributed by atoms with Crippen LogP contribution in [0.4, 0.5) is 4.79 Å². The third kappa shape index (κ3) is 6.63. The number of hydrogen-bond donors (Lipinski definition) is 0. The van der Waals surface area contributed by atoms with Gasteiger partial charge >= 0.3 is 6.09 Å². The van der Waals surface area contributed by atoms with Crippen LogP contribution in [0, 0.1) is 5.92 Å². The predicted molar refractivity (Wildman–Crippen MR) is 146 cm³/mol. The van der Waals surface area contributed by atoms with E-state index >= 15 is 0 Å². The van der Waals surface area contributed by atoms with E-state index in [4.69, 9.17) is 30.5 Å². The highest BCUT2D eigenvalue weighted by atomic mass is 35.5. The molecule has 0 saturated carbocycles. The van der Waals surface area contributed by atoms with Crippen molar-refractivity contribution in [3.05, 3.63) is 64.7 Å². The van der Waals surface area contributed by atoms with Crippen LogP contribution in [0.3, 0.4) is 0 Å². The summed E-state index contributed by atoms with van der Waals surface area (Å²) in [6.45, 7) is 9.50. The lowest BCUT2D eigenvalue weighted by Gasteiger charge is -2.42. The number of ether oxygens (including phenoxy) is 4. The molecule has 2 aromatic rings. The standard InChI is InChI=1S/C30H39ClN2O5/c1-22(2)21-37-26-9-5-24(6-10-26)20-33-27(19-23-3-7-25(31)8-4-23)30(38-29(33)34)12-15-32(16-13-30)14-11-28-35-17-18-36-28/h3-10,22,27-28H,11-21H2,1-2H3. The van der Waals surface area contributed by atoms with Gasteiger partial charge in [0.2, 0.25) is 0 Å². The van der Waals surface area contributed by atoms with Crippen molar-refractivity contribution in [3.63, 3.8) is 0 Å². The van der Waals surface area contributed by atoms with E-state index < -0.39 is 5.60 Å². The normalized spacial score (nSPS) is 21.9. The number of carbonyl (C=O) groups is 1. The second-order valence-corrected chi connectivity index (χ2v) is 11.5. The summed E-state index contributed by atoms with van der Waals surface area (Å²) in [5.41, 5.74) is 1.71. The van der Waals surface area contributed by atoms with Crippen molar-refractivity contribution >= 4 is 17.7 Å². The highest BCUT2D eigenvalue weighted by Gasteiger charge is 2.54. The number of likely N-dealkylation sites (tertiary alicyclic amines) is 1. The minimum absolute atomic E-state index is 0.0586. The molecule has 8 heteroatoms. The van der Waals surface area contributed by atoms with E-state index in [0.29, 0.717) is 37.3 Å². The van der Waals surface area contributed by atoms with Gasteiger partial charge in [0.25, 0.3) is 0 Å². The monoisotopic (exact) mass is 542 g/mol. The largest absolute Gasteiger partial charge is 0.493 e. The van der Waals surface area contributed by atoms with Gasteiger partial charge in [0, 0.05) is 50.5 Å². The molecule has 1 atom stereocenters. The van der Waals surface area contributed by atoms with E-state index in [-0.39, 0.29) is 18.4 Å². The van der Waals surface area contributed by atoms with Crippen LogP contribution >= 0.6 is 11.6 Å². The maximum absolute atomic E-state index is 13.3. The summed E-state index contributed by atoms with van der Waals surface area (Å²) >= 11 is 6.15. The zero-order valence-electron chi connectivity index (χ0n) is 22.4. The quantitative estimate of drug-likeness (QED) is 0.393. The second kappa shape index (κ2) is 12.2. The molecule has 206 valence electrons. The number of nitrogens with zero attached hydrogens (tertiary/aromatic N) is 2. The highest BCUT2D eigenvalue weighted by Crippen LogP contribution is 2.41. The van der Waals surface area contributed by atoms with Gasteiger partial charge in [-0.3, -0.25) is 4.90 Å². The van der Waals surface area contributed by atoms with E-state index in [1.54, 1.807) is 0 Å². The van der Waals surface area contributed by atoms with E-state index in [9.17, 15) is 4.79 Å². The van der Waals surface area contributed by atoms with Gasteiger partial charge in [-0.25, -0.2) is 4.79 Å². The Bertz CT molecular complexity index is 1050. The average molecular weight is 543 g/mol. The first-order valence-corrected chi connectivity index (χ1v) is 14.2. The van der Waals surface area contributed by atoms with Crippen molar-refractivity contribution < 1.29 is 23.7 Å². The molecule has 0 N–H and O–H groups in total. The lowest BCUT2D eigenvalue weighted by Crippen LogP contribution is -2.53. The van der Waals surface area contributed by atoms with Crippen LogP contribution < -0.4 is 4.74 Å². The van der Waals surface area contributed by atoms with Crippen LogP contribution in [-0.4, -0.2) is 73.3 Å². The number of benzene rings is 2. The Hall–Kier alpha value is -2.32. The zero-order valence-corrected chi connectivity index (χ0v) is 23.2. The predicted octanol–water partition coefficient (Wildman–Crippen LogP) is 5.54. The number of amides is 1. The maximum atomic E-state index is 13.3. The molecule has 7 nitrogen and oxygen atoms in total. The van der Waals surface area contributed by atoms with Crippen molar-refractivity contribution in [2.45, 2.75) is 64.0 Å². The fourth-order valence-electron chi connectivity index (χ4n) is 5.63. The zero-order chi connectivity index (χ0) is 26.5. The molecule has 5 rings (SSSR count). The van der Waals surface area contributed by atoms with Gasteiger partial charge in [-0.2, -0.15) is 0 Å². The summed E-state index contributed by atoms with van der Waals surface area (Å²) in [6, 6.07) is 15.9. The van der Waals surface area contributed by atoms with Gasteiger partial charge in [0.05, 0.1) is 25.9 Å². The third-order valence-electron chi connectivity index (χ3n) is 7.78. The number of carbonyl (C=O) groups excluding carboxylic acids is 1. The Labute approximate surface area is 230 Å². The molecular formula is C30H39ClN2O5. The smallest absolute Gasteiger partial charge is 0.411 e. The molecule has 3 aliphatic rings. The van der Waals surface area contributed by atoms with Gasteiger partial charge in [0.15, 0.2) is 6.29 Å². The molecule has 1 unspecified atom stereocenters. The van der Waals surface area contributed by atoms with Gasteiger partial charge in [-0.1, -0.05) is 49.7 Å². The molecule has 3 fully saturated rings. The van der Waals surface area contributed by atoms with Gasteiger partial charge in [-0.15, -0.1) is 0 Å². The summed E-state index contributed by atoms with van der Waals surface area (Å²) in [6.07, 6.45) is 2.88. The van der Waals surface area contributed by atoms with E-state index in [1.807, 2.05) is 41.3 Å². The van der Waals surface area contributed by atoms with Crippen molar-refractivity contribution in [2.24, 2.45) is 5.92 Å². The van der Waals surface area contributed by atoms with Crippen LogP contribution in [0.5, 0.6) is 5.75 Å². The van der Waals surface area contributed by atoms with Crippen LogP contribution in [0.25, 0.3) is 0 Å². The van der Waals surface area contributed by atoms with Crippen molar-refractivity contribution in [3.8, 4) is 5.75 Å². The number of piperidine rings is 1. The molecule has 2 aromatic carbocycles. The Morgan fingerprint density at radius 3 is 2.32 bits per heavy atom. The lowest BCUT2D eigenvalue weighted by atomic mass is 9.81. The molecule has 3 saturated heterocycles. The van der Waals surface area contributed by atoms with Gasteiger partial charge < -0.3 is 23.8 Å². The van der Waals surface area contributed by atoms with Crippen LogP contribution in [0.2, 0.25) is 5.02 Å². The number of halogens is 1. The summed E-state index contributed by atoms with van der Waals surface area (Å²) in [4.78, 5) is 17.7. The molecule has 0 radical (unpaired) electrons. The minimum Gasteiger partial charge on any atom is -0.493 e. The summed E-state index contributed by atoms with van der Waals surface area (Å²) in [5.74, 6) is 1.32. The third-order valence-corrected chi connectivity index (χ3v) is 8.04. The minimum atomic E-state index is -0.506. The lowest BCUT2D eigenvalue weighted by molar-refractivity contribution is -0.0601. The summed E-state index contributed by atoms with van der Waals surface area (Å²) in [5, 5.41) is 0.711. The van der Waals surface area contributed by atoms with Gasteiger partial charge in [0.1, 0.15) is 11.4 Å². The molecule has 0 aromatic heterocycles. The molecule has 0 bridgehead atoms. The van der Waals surface area contributed by atoms with Crippen molar-refractivity contribution in [1.82, 2.24) is 9.80 Å². The van der Waals surface area contributed by atoms with Crippen LogP contribution in [0.1, 0.15) is 44.2 Å². The Kier molecular flexibility index (Phi) is 8.78. The Morgan fingerprint density at radius 1 is 1.00 bits per heavy atom. The number of rotatable bonds is 10. The molecule has 0 aliphatic carbocycles. The van der Waals surface area contributed by atoms with E-state index in [0.717, 1.165) is 62.2 Å². The molecule has 3 heterocycles. The van der Waals surface area contributed by atoms with E-state index in [1.165, 1.54) is 0 Å².